The molecule has 0 saturated carbocycles. The van der Waals surface area contributed by atoms with E-state index < -0.39 is 0 Å². The van der Waals surface area contributed by atoms with Gasteiger partial charge in [-0.1, -0.05) is 11.6 Å². The molecule has 2 heterocycles. The fourth-order valence-electron chi connectivity index (χ4n) is 1.92. The minimum absolute atomic E-state index is 0.305. The lowest BCUT2D eigenvalue weighted by Gasteiger charge is -2.32. The van der Waals surface area contributed by atoms with Gasteiger partial charge in [-0.3, -0.25) is 0 Å². The Kier molecular flexibility index (Phi) is 4.27. The standard InChI is InChI=1S/C11H14ClIN2O/c12-9-6-14-11(5-10(9)13)15-3-1-8(7-16)2-4-15/h5-6,8,16H,1-4,7H2. The topological polar surface area (TPSA) is 36.4 Å². The highest BCUT2D eigenvalue weighted by molar-refractivity contribution is 14.1. The first-order valence-electron chi connectivity index (χ1n) is 5.37. The van der Waals surface area contributed by atoms with Gasteiger partial charge < -0.3 is 10.0 Å². The largest absolute Gasteiger partial charge is 0.396 e. The van der Waals surface area contributed by atoms with Gasteiger partial charge in [-0.25, -0.2) is 4.98 Å². The normalized spacial score (nSPS) is 17.8. The van der Waals surface area contributed by atoms with Crippen molar-refractivity contribution < 1.29 is 5.11 Å². The zero-order valence-electron chi connectivity index (χ0n) is 8.87. The van der Waals surface area contributed by atoms with Crippen LogP contribution in [0.4, 0.5) is 5.82 Å². The summed E-state index contributed by atoms with van der Waals surface area (Å²) in [5.41, 5.74) is 0. The van der Waals surface area contributed by atoms with Crippen LogP contribution in [0.5, 0.6) is 0 Å². The first-order valence-corrected chi connectivity index (χ1v) is 6.83. The van der Waals surface area contributed by atoms with Crippen molar-refractivity contribution in [3.8, 4) is 0 Å². The van der Waals surface area contributed by atoms with Crippen molar-refractivity contribution in [2.45, 2.75) is 12.8 Å². The maximum Gasteiger partial charge on any atom is 0.129 e. The molecule has 1 aromatic rings. The summed E-state index contributed by atoms with van der Waals surface area (Å²) in [5, 5.41) is 9.78. The lowest BCUT2D eigenvalue weighted by atomic mass is 9.98. The Morgan fingerprint density at radius 1 is 1.50 bits per heavy atom. The van der Waals surface area contributed by atoms with Gasteiger partial charge >= 0.3 is 0 Å². The summed E-state index contributed by atoms with van der Waals surface area (Å²) in [7, 11) is 0. The molecule has 0 aromatic carbocycles. The number of piperidine rings is 1. The summed E-state index contributed by atoms with van der Waals surface area (Å²) in [6.07, 6.45) is 3.78. The summed E-state index contributed by atoms with van der Waals surface area (Å²) < 4.78 is 1.04. The van der Waals surface area contributed by atoms with E-state index in [1.165, 1.54) is 0 Å². The van der Waals surface area contributed by atoms with Gasteiger partial charge in [0.05, 0.1) is 5.02 Å². The predicted octanol–water partition coefficient (Wildman–Crippen LogP) is 2.55. The van der Waals surface area contributed by atoms with Crippen LogP contribution in [-0.2, 0) is 0 Å². The fourth-order valence-corrected chi connectivity index (χ4v) is 2.44. The molecule has 1 aliphatic heterocycles. The number of rotatable bonds is 2. The Balaban J connectivity index is 2.05. The van der Waals surface area contributed by atoms with E-state index in [1.54, 1.807) is 6.20 Å². The molecule has 16 heavy (non-hydrogen) atoms. The third kappa shape index (κ3) is 2.78. The molecule has 1 aromatic heterocycles. The van der Waals surface area contributed by atoms with Crippen LogP contribution in [0.3, 0.4) is 0 Å². The Morgan fingerprint density at radius 3 is 2.75 bits per heavy atom. The molecule has 0 amide bonds. The zero-order valence-corrected chi connectivity index (χ0v) is 11.8. The van der Waals surface area contributed by atoms with Crippen molar-refractivity contribution in [3.63, 3.8) is 0 Å². The van der Waals surface area contributed by atoms with E-state index in [-0.39, 0.29) is 0 Å². The highest BCUT2D eigenvalue weighted by Crippen LogP contribution is 2.25. The third-order valence-corrected chi connectivity index (χ3v) is 4.50. The number of nitrogens with zero attached hydrogens (tertiary/aromatic N) is 2. The quantitative estimate of drug-likeness (QED) is 0.831. The van der Waals surface area contributed by atoms with Gasteiger partial charge in [0.2, 0.25) is 0 Å². The van der Waals surface area contributed by atoms with Crippen LogP contribution >= 0.6 is 34.2 Å². The average Bonchev–Trinajstić information content (AvgIpc) is 2.33. The molecular formula is C11H14ClIN2O. The minimum atomic E-state index is 0.305. The van der Waals surface area contributed by atoms with Crippen LogP contribution in [0.1, 0.15) is 12.8 Å². The smallest absolute Gasteiger partial charge is 0.129 e. The van der Waals surface area contributed by atoms with E-state index in [9.17, 15) is 0 Å². The molecule has 1 aliphatic rings. The molecule has 1 saturated heterocycles. The van der Waals surface area contributed by atoms with Gasteiger partial charge in [0, 0.05) is 29.5 Å². The second kappa shape index (κ2) is 5.51. The molecule has 0 spiro atoms. The number of hydrogen-bond acceptors (Lipinski definition) is 3. The lowest BCUT2D eigenvalue weighted by Crippen LogP contribution is -2.35. The van der Waals surface area contributed by atoms with Gasteiger partial charge in [0.1, 0.15) is 5.82 Å². The first-order chi connectivity index (χ1) is 7.70. The summed E-state index contributed by atoms with van der Waals surface area (Å²) in [5.74, 6) is 1.45. The van der Waals surface area contributed by atoms with Crippen molar-refractivity contribution in [2.75, 3.05) is 24.6 Å². The van der Waals surface area contributed by atoms with Crippen LogP contribution in [0, 0.1) is 9.49 Å². The maximum absolute atomic E-state index is 9.08. The van der Waals surface area contributed by atoms with Crippen LogP contribution in [0.2, 0.25) is 5.02 Å². The molecule has 0 unspecified atom stereocenters. The third-order valence-electron chi connectivity index (χ3n) is 2.99. The molecule has 0 aliphatic carbocycles. The number of aliphatic hydroxyl groups excluding tert-OH is 1. The summed E-state index contributed by atoms with van der Waals surface area (Å²) in [6.45, 7) is 2.24. The van der Waals surface area contributed by atoms with Crippen LogP contribution in [0.15, 0.2) is 12.3 Å². The van der Waals surface area contributed by atoms with Crippen molar-refractivity contribution in [1.82, 2.24) is 4.98 Å². The number of halogens is 2. The van der Waals surface area contributed by atoms with E-state index >= 15 is 0 Å². The van der Waals surface area contributed by atoms with Gasteiger partial charge in [-0.15, -0.1) is 0 Å². The molecule has 1 N–H and O–H groups in total. The number of aliphatic hydroxyl groups is 1. The molecule has 88 valence electrons. The Bertz CT molecular complexity index is 367. The lowest BCUT2D eigenvalue weighted by molar-refractivity contribution is 0.203. The highest BCUT2D eigenvalue weighted by atomic mass is 127. The number of aromatic nitrogens is 1. The molecule has 0 atom stereocenters. The maximum atomic E-state index is 9.08. The van der Waals surface area contributed by atoms with Gasteiger partial charge in [-0.2, -0.15) is 0 Å². The van der Waals surface area contributed by atoms with E-state index in [2.05, 4.69) is 32.5 Å². The molecule has 1 fully saturated rings. The molecule has 2 rings (SSSR count). The zero-order chi connectivity index (χ0) is 11.5. The van der Waals surface area contributed by atoms with E-state index in [4.69, 9.17) is 16.7 Å². The predicted molar refractivity (Wildman–Crippen MR) is 74.0 cm³/mol. The summed E-state index contributed by atoms with van der Waals surface area (Å²) >= 11 is 8.16. The van der Waals surface area contributed by atoms with Crippen molar-refractivity contribution >= 4 is 40.0 Å². The molecule has 5 heteroatoms. The summed E-state index contributed by atoms with van der Waals surface area (Å²) in [6, 6.07) is 2.02. The second-order valence-electron chi connectivity index (χ2n) is 4.07. The van der Waals surface area contributed by atoms with E-state index in [1.807, 2.05) is 6.07 Å². The molecule has 3 nitrogen and oxygen atoms in total. The average molecular weight is 353 g/mol. The second-order valence-corrected chi connectivity index (χ2v) is 5.64. The summed E-state index contributed by atoms with van der Waals surface area (Å²) in [4.78, 5) is 6.59. The molecule has 0 bridgehead atoms. The van der Waals surface area contributed by atoms with Crippen LogP contribution in [-0.4, -0.2) is 29.8 Å². The Labute approximate surface area is 114 Å². The van der Waals surface area contributed by atoms with E-state index in [0.29, 0.717) is 17.5 Å². The SMILES string of the molecule is OCC1CCN(c2cc(I)c(Cl)cn2)CC1. The number of pyridine rings is 1. The van der Waals surface area contributed by atoms with Gasteiger partial charge in [-0.05, 0) is 47.4 Å². The van der Waals surface area contributed by atoms with Crippen LogP contribution in [0.25, 0.3) is 0 Å². The first kappa shape index (κ1) is 12.4. The van der Waals surface area contributed by atoms with Gasteiger partial charge in [0.15, 0.2) is 0 Å². The van der Waals surface area contributed by atoms with Crippen molar-refractivity contribution in [1.29, 1.82) is 0 Å². The van der Waals surface area contributed by atoms with Crippen LogP contribution < -0.4 is 4.90 Å². The van der Waals surface area contributed by atoms with Crippen molar-refractivity contribution in [3.05, 3.63) is 20.9 Å². The van der Waals surface area contributed by atoms with Crippen molar-refractivity contribution in [2.24, 2.45) is 5.92 Å². The molecular weight excluding hydrogens is 338 g/mol. The van der Waals surface area contributed by atoms with Gasteiger partial charge in [0.25, 0.3) is 0 Å². The monoisotopic (exact) mass is 352 g/mol. The Hall–Kier alpha value is -0.0700. The minimum Gasteiger partial charge on any atom is -0.396 e. The number of anilines is 1. The number of hydrogen-bond donors (Lipinski definition) is 1. The molecule has 0 radical (unpaired) electrons. The highest BCUT2D eigenvalue weighted by Gasteiger charge is 2.19. The fraction of sp³-hybridized carbons (Fsp3) is 0.545. The van der Waals surface area contributed by atoms with E-state index in [0.717, 1.165) is 35.3 Å². The Morgan fingerprint density at radius 2 is 2.19 bits per heavy atom.